The fraction of sp³-hybridized carbons (Fsp3) is 0.0625. The first-order valence-electron chi connectivity index (χ1n) is 6.42. The second-order valence-electron chi connectivity index (χ2n) is 4.02. The van der Waals surface area contributed by atoms with E-state index in [0.29, 0.717) is 4.90 Å². The van der Waals surface area contributed by atoms with Gasteiger partial charge in [0.25, 0.3) is 0 Å². The quantitative estimate of drug-likeness (QED) is 0.295. The second-order valence-corrected chi connectivity index (χ2v) is 4.87. The summed E-state index contributed by atoms with van der Waals surface area (Å²) in [5.41, 5.74) is 0.269. The smallest absolute Gasteiger partial charge is 0.138 e. The molecule has 0 aliphatic rings. The largest absolute Gasteiger partial charge is 0.311 e. The van der Waals surface area contributed by atoms with Crippen LogP contribution in [0.3, 0.4) is 0 Å². The van der Waals surface area contributed by atoms with Crippen LogP contribution in [0.15, 0.2) is 71.1 Å². The van der Waals surface area contributed by atoms with E-state index in [-0.39, 0.29) is 23.9 Å². The summed E-state index contributed by atoms with van der Waals surface area (Å²) in [5.74, 6) is -0.264. The average Bonchev–Trinajstić information content (AvgIpc) is 2.52. The molecule has 0 aromatic heterocycles. The third kappa shape index (κ3) is 7.35. The van der Waals surface area contributed by atoms with Crippen molar-refractivity contribution < 1.29 is 4.39 Å². The molecule has 0 unspecified atom stereocenters. The Bertz CT molecular complexity index is 620. The fourth-order valence-electron chi connectivity index (χ4n) is 1.25. The zero-order chi connectivity index (χ0) is 16.2. The summed E-state index contributed by atoms with van der Waals surface area (Å²) in [5, 5.41) is 15.3. The van der Waals surface area contributed by atoms with Crippen LogP contribution in [0.2, 0.25) is 0 Å². The van der Waals surface area contributed by atoms with Gasteiger partial charge in [-0.25, -0.2) is 4.39 Å². The van der Waals surface area contributed by atoms with Crippen molar-refractivity contribution in [3.8, 4) is 0 Å². The van der Waals surface area contributed by atoms with Gasteiger partial charge in [0.05, 0.1) is 17.2 Å². The van der Waals surface area contributed by atoms with Crippen LogP contribution in [0.1, 0.15) is 0 Å². The Kier molecular flexibility index (Phi) is 8.22. The van der Waals surface area contributed by atoms with E-state index in [1.165, 1.54) is 18.2 Å². The van der Waals surface area contributed by atoms with Crippen molar-refractivity contribution in [1.82, 2.24) is 4.72 Å². The SMILES string of the molecule is C=C/C=C\C=N/CC(=N)/C=C\C(=N)NSc1ccccc1F. The Morgan fingerprint density at radius 1 is 1.27 bits per heavy atom. The molecule has 0 spiro atoms. The molecule has 0 amide bonds. The van der Waals surface area contributed by atoms with Crippen molar-refractivity contribution >= 4 is 29.7 Å². The van der Waals surface area contributed by atoms with Crippen LogP contribution in [0, 0.1) is 16.6 Å². The van der Waals surface area contributed by atoms with Gasteiger partial charge in [-0.1, -0.05) is 30.9 Å². The minimum atomic E-state index is -0.341. The molecule has 0 fully saturated rings. The van der Waals surface area contributed by atoms with Gasteiger partial charge in [0.2, 0.25) is 0 Å². The van der Waals surface area contributed by atoms with Crippen molar-refractivity contribution in [1.29, 1.82) is 10.8 Å². The highest BCUT2D eigenvalue weighted by atomic mass is 32.2. The van der Waals surface area contributed by atoms with Crippen LogP contribution in [-0.4, -0.2) is 24.3 Å². The summed E-state index contributed by atoms with van der Waals surface area (Å²) in [6.45, 7) is 3.76. The number of aliphatic imine (C=N–C) groups is 1. The number of hydrogen-bond donors (Lipinski definition) is 3. The summed E-state index contributed by atoms with van der Waals surface area (Å²) in [7, 11) is 0. The van der Waals surface area contributed by atoms with Gasteiger partial charge in [0.1, 0.15) is 11.7 Å². The number of benzene rings is 1. The summed E-state index contributed by atoms with van der Waals surface area (Å²) >= 11 is 1.01. The lowest BCUT2D eigenvalue weighted by molar-refractivity contribution is 0.602. The zero-order valence-electron chi connectivity index (χ0n) is 11.9. The van der Waals surface area contributed by atoms with Crippen LogP contribution in [0.25, 0.3) is 0 Å². The van der Waals surface area contributed by atoms with E-state index in [4.69, 9.17) is 10.8 Å². The molecule has 1 rings (SSSR count). The first-order chi connectivity index (χ1) is 10.6. The number of amidine groups is 1. The van der Waals surface area contributed by atoms with Crippen molar-refractivity contribution in [3.63, 3.8) is 0 Å². The van der Waals surface area contributed by atoms with Crippen molar-refractivity contribution in [2.45, 2.75) is 4.90 Å². The van der Waals surface area contributed by atoms with Crippen molar-refractivity contribution in [2.24, 2.45) is 4.99 Å². The van der Waals surface area contributed by atoms with E-state index in [1.807, 2.05) is 0 Å². The zero-order valence-corrected chi connectivity index (χ0v) is 12.7. The Morgan fingerprint density at radius 2 is 2.05 bits per heavy atom. The van der Waals surface area contributed by atoms with Gasteiger partial charge in [0.15, 0.2) is 0 Å². The van der Waals surface area contributed by atoms with Gasteiger partial charge in [-0.05, 0) is 42.3 Å². The van der Waals surface area contributed by atoms with E-state index in [1.54, 1.807) is 42.6 Å². The van der Waals surface area contributed by atoms with Crippen molar-refractivity contribution in [2.75, 3.05) is 6.54 Å². The number of nitrogens with zero attached hydrogens (tertiary/aromatic N) is 1. The Morgan fingerprint density at radius 3 is 2.77 bits per heavy atom. The van der Waals surface area contributed by atoms with Gasteiger partial charge >= 0.3 is 0 Å². The maximum atomic E-state index is 13.4. The van der Waals surface area contributed by atoms with Crippen LogP contribution in [0.4, 0.5) is 4.39 Å². The summed E-state index contributed by atoms with van der Waals surface area (Å²) in [4.78, 5) is 4.42. The third-order valence-corrected chi connectivity index (χ3v) is 3.13. The summed E-state index contributed by atoms with van der Waals surface area (Å²) in [6, 6.07) is 6.31. The molecule has 1 aromatic rings. The normalized spacial score (nSPS) is 11.3. The molecule has 3 N–H and O–H groups in total. The highest BCUT2D eigenvalue weighted by molar-refractivity contribution is 7.98. The predicted octanol–water partition coefficient (Wildman–Crippen LogP) is 3.79. The van der Waals surface area contributed by atoms with Crippen LogP contribution in [-0.2, 0) is 0 Å². The molecule has 0 atom stereocenters. The average molecular weight is 316 g/mol. The molecule has 0 radical (unpaired) electrons. The number of allylic oxidation sites excluding steroid dienone is 3. The number of hydrogen-bond acceptors (Lipinski definition) is 4. The maximum absolute atomic E-state index is 13.4. The lowest BCUT2D eigenvalue weighted by Gasteiger charge is -2.04. The van der Waals surface area contributed by atoms with Gasteiger partial charge in [-0.3, -0.25) is 10.4 Å². The molecule has 0 aliphatic heterocycles. The fourth-order valence-corrected chi connectivity index (χ4v) is 1.85. The van der Waals surface area contributed by atoms with Gasteiger partial charge < -0.3 is 10.1 Å². The summed E-state index contributed by atoms with van der Waals surface area (Å²) < 4.78 is 16.1. The molecule has 4 nitrogen and oxygen atoms in total. The van der Waals surface area contributed by atoms with Gasteiger partial charge in [-0.15, -0.1) is 0 Å². The molecule has 0 heterocycles. The van der Waals surface area contributed by atoms with Crippen LogP contribution >= 0.6 is 11.9 Å². The lowest BCUT2D eigenvalue weighted by Crippen LogP contribution is -2.12. The standard InChI is InChI=1S/C16H17FN4S/c1-2-3-6-11-20-12-13(18)9-10-16(19)21-22-15-8-5-4-7-14(15)17/h2-11,18H,1,12H2,(H2,19,21)/b6-3-,10-9-,18-13?,20-11-. The molecular formula is C16H17FN4S. The highest BCUT2D eigenvalue weighted by Gasteiger charge is 2.01. The first-order valence-corrected chi connectivity index (χ1v) is 7.24. The molecule has 0 saturated heterocycles. The first kappa shape index (κ1) is 17.6. The lowest BCUT2D eigenvalue weighted by atomic mass is 10.3. The van der Waals surface area contributed by atoms with E-state index in [9.17, 15) is 4.39 Å². The number of nitrogens with one attached hydrogen (secondary N) is 3. The highest BCUT2D eigenvalue weighted by Crippen LogP contribution is 2.17. The molecular weight excluding hydrogens is 299 g/mol. The van der Waals surface area contributed by atoms with E-state index in [0.717, 1.165) is 11.9 Å². The Labute approximate surface area is 133 Å². The number of halogens is 1. The molecule has 6 heteroatoms. The molecule has 0 bridgehead atoms. The molecule has 1 aromatic carbocycles. The van der Waals surface area contributed by atoms with Gasteiger partial charge in [-0.2, -0.15) is 0 Å². The van der Waals surface area contributed by atoms with Crippen LogP contribution < -0.4 is 4.72 Å². The van der Waals surface area contributed by atoms with E-state index >= 15 is 0 Å². The number of rotatable bonds is 8. The van der Waals surface area contributed by atoms with Crippen molar-refractivity contribution in [3.05, 3.63) is 67.0 Å². The monoisotopic (exact) mass is 316 g/mol. The molecule has 22 heavy (non-hydrogen) atoms. The third-order valence-electron chi connectivity index (χ3n) is 2.26. The summed E-state index contributed by atoms with van der Waals surface area (Å²) in [6.07, 6.45) is 9.59. The second kappa shape index (κ2) is 10.3. The topological polar surface area (TPSA) is 72.1 Å². The van der Waals surface area contributed by atoms with Crippen LogP contribution in [0.5, 0.6) is 0 Å². The minimum Gasteiger partial charge on any atom is -0.311 e. The van der Waals surface area contributed by atoms with E-state index < -0.39 is 0 Å². The van der Waals surface area contributed by atoms with E-state index in [2.05, 4.69) is 16.3 Å². The molecule has 114 valence electrons. The molecule has 0 saturated carbocycles. The predicted molar refractivity (Wildman–Crippen MR) is 92.7 cm³/mol. The molecule has 0 aliphatic carbocycles. The Hall–Kier alpha value is -2.47. The minimum absolute atomic E-state index is 0.0773. The maximum Gasteiger partial charge on any atom is 0.138 e. The van der Waals surface area contributed by atoms with Gasteiger partial charge in [0, 0.05) is 6.21 Å². The Balaban J connectivity index is 2.36.